The van der Waals surface area contributed by atoms with Gasteiger partial charge in [0.05, 0.1) is 37.1 Å². The van der Waals surface area contributed by atoms with Gasteiger partial charge < -0.3 is 14.4 Å². The minimum Gasteiger partial charge on any atom is -0.383 e. The molecule has 1 fully saturated rings. The number of hydrogen-bond donors (Lipinski definition) is 1. The van der Waals surface area contributed by atoms with Crippen molar-refractivity contribution in [1.82, 2.24) is 9.55 Å². The predicted octanol–water partition coefficient (Wildman–Crippen LogP) is 2.91. The summed E-state index contributed by atoms with van der Waals surface area (Å²) >= 11 is 0. The number of nitrogens with zero attached hydrogens (tertiary/aromatic N) is 2. The van der Waals surface area contributed by atoms with Crippen molar-refractivity contribution in [2.24, 2.45) is 0 Å². The molecule has 0 spiro atoms. The summed E-state index contributed by atoms with van der Waals surface area (Å²) in [7, 11) is 0. The third-order valence-electron chi connectivity index (χ3n) is 4.26. The number of fused-ring (bicyclic) bond motifs is 1. The zero-order valence-corrected chi connectivity index (χ0v) is 12.8. The van der Waals surface area contributed by atoms with Gasteiger partial charge in [-0.1, -0.05) is 18.2 Å². The second kappa shape index (κ2) is 5.15. The molecule has 0 radical (unpaired) electrons. The van der Waals surface area contributed by atoms with Crippen LogP contribution in [-0.4, -0.2) is 33.5 Å². The highest BCUT2D eigenvalue weighted by Crippen LogP contribution is 2.28. The van der Waals surface area contributed by atoms with E-state index in [1.807, 2.05) is 35.8 Å². The molecule has 4 rings (SSSR count). The van der Waals surface area contributed by atoms with Crippen LogP contribution in [0.4, 0.5) is 4.39 Å². The lowest BCUT2D eigenvalue weighted by Gasteiger charge is -2.36. The lowest BCUT2D eigenvalue weighted by Crippen LogP contribution is -2.52. The molecule has 0 saturated carbocycles. The van der Waals surface area contributed by atoms with Crippen molar-refractivity contribution in [3.8, 4) is 11.1 Å². The summed E-state index contributed by atoms with van der Waals surface area (Å²) in [6, 6.07) is 10.9. The fraction of sp³-hybridized carbons (Fsp3) is 0.278. The van der Waals surface area contributed by atoms with E-state index in [-0.39, 0.29) is 5.82 Å². The molecule has 0 amide bonds. The monoisotopic (exact) mass is 312 g/mol. The predicted molar refractivity (Wildman–Crippen MR) is 85.6 cm³/mol. The van der Waals surface area contributed by atoms with Crippen molar-refractivity contribution >= 4 is 11.0 Å². The summed E-state index contributed by atoms with van der Waals surface area (Å²) in [4.78, 5) is 4.38. The van der Waals surface area contributed by atoms with Gasteiger partial charge >= 0.3 is 0 Å². The average molecular weight is 312 g/mol. The average Bonchev–Trinajstić information content (AvgIpc) is 2.88. The van der Waals surface area contributed by atoms with Crippen molar-refractivity contribution in [2.75, 3.05) is 13.2 Å². The van der Waals surface area contributed by atoms with Gasteiger partial charge in [0.1, 0.15) is 11.4 Å². The zero-order valence-electron chi connectivity index (χ0n) is 12.8. The molecule has 1 saturated heterocycles. The van der Waals surface area contributed by atoms with Gasteiger partial charge in [0.15, 0.2) is 0 Å². The largest absolute Gasteiger partial charge is 0.383 e. The highest BCUT2D eigenvalue weighted by atomic mass is 19.1. The Bertz CT molecular complexity index is 884. The summed E-state index contributed by atoms with van der Waals surface area (Å²) < 4.78 is 21.1. The Morgan fingerprint density at radius 3 is 2.78 bits per heavy atom. The number of aromatic nitrogens is 2. The molecular formula is C18H17FN2O2. The molecule has 0 unspecified atom stereocenters. The van der Waals surface area contributed by atoms with Crippen LogP contribution in [0.2, 0.25) is 0 Å². The first-order valence-corrected chi connectivity index (χ1v) is 7.56. The van der Waals surface area contributed by atoms with Gasteiger partial charge in [-0.15, -0.1) is 0 Å². The number of hydrogen-bond acceptors (Lipinski definition) is 3. The first-order chi connectivity index (χ1) is 11.0. The Morgan fingerprint density at radius 2 is 2.09 bits per heavy atom. The van der Waals surface area contributed by atoms with Crippen molar-refractivity contribution in [1.29, 1.82) is 0 Å². The van der Waals surface area contributed by atoms with Gasteiger partial charge in [0, 0.05) is 5.56 Å². The molecule has 23 heavy (non-hydrogen) atoms. The Labute approximate surface area is 133 Å². The molecule has 2 heterocycles. The number of halogens is 1. The van der Waals surface area contributed by atoms with Crippen LogP contribution in [0.5, 0.6) is 0 Å². The second-order valence-electron chi connectivity index (χ2n) is 6.28. The zero-order chi connectivity index (χ0) is 16.0. The van der Waals surface area contributed by atoms with Crippen LogP contribution in [-0.2, 0) is 11.3 Å². The van der Waals surface area contributed by atoms with Crippen molar-refractivity contribution < 1.29 is 14.2 Å². The van der Waals surface area contributed by atoms with Gasteiger partial charge in [-0.25, -0.2) is 9.37 Å². The Balaban J connectivity index is 1.71. The SMILES string of the molecule is Cc1ccc(-c2ccc3c(c2)ncn3CC2(O)COC2)c(F)c1. The fourth-order valence-corrected chi connectivity index (χ4v) is 2.96. The molecule has 5 heteroatoms. The van der Waals surface area contributed by atoms with E-state index in [0.29, 0.717) is 25.3 Å². The third kappa shape index (κ3) is 2.52. The van der Waals surface area contributed by atoms with Crippen LogP contribution in [0.25, 0.3) is 22.2 Å². The normalized spacial score (nSPS) is 16.5. The van der Waals surface area contributed by atoms with Crippen LogP contribution in [0.15, 0.2) is 42.7 Å². The summed E-state index contributed by atoms with van der Waals surface area (Å²) in [6.45, 7) is 3.01. The lowest BCUT2D eigenvalue weighted by atomic mass is 10.0. The Hall–Kier alpha value is -2.24. The molecule has 1 aliphatic rings. The third-order valence-corrected chi connectivity index (χ3v) is 4.26. The highest BCUT2D eigenvalue weighted by Gasteiger charge is 2.36. The van der Waals surface area contributed by atoms with E-state index in [1.165, 1.54) is 6.07 Å². The number of aryl methyl sites for hydroxylation is 1. The molecule has 0 bridgehead atoms. The van der Waals surface area contributed by atoms with E-state index < -0.39 is 5.60 Å². The summed E-state index contributed by atoms with van der Waals surface area (Å²) in [5.41, 5.74) is 3.15. The molecule has 1 N–H and O–H groups in total. The Kier molecular flexibility index (Phi) is 3.21. The standard InChI is InChI=1S/C18H17FN2O2/c1-12-2-4-14(15(19)6-12)13-3-5-17-16(7-13)20-11-21(17)8-18(22)9-23-10-18/h2-7,11,22H,8-10H2,1H3. The van der Waals surface area contributed by atoms with E-state index in [2.05, 4.69) is 4.98 Å². The maximum absolute atomic E-state index is 14.1. The van der Waals surface area contributed by atoms with Gasteiger partial charge in [-0.2, -0.15) is 0 Å². The number of rotatable bonds is 3. The molecule has 1 aromatic heterocycles. The molecule has 3 aromatic rings. The minimum absolute atomic E-state index is 0.232. The molecule has 1 aliphatic heterocycles. The van der Waals surface area contributed by atoms with Crippen molar-refractivity contribution in [3.05, 3.63) is 54.1 Å². The molecule has 0 aliphatic carbocycles. The number of imidazole rings is 1. The summed E-state index contributed by atoms with van der Waals surface area (Å²) in [5, 5.41) is 10.2. The van der Waals surface area contributed by atoms with Crippen LogP contribution in [0.1, 0.15) is 5.56 Å². The van der Waals surface area contributed by atoms with E-state index in [1.54, 1.807) is 12.4 Å². The quantitative estimate of drug-likeness (QED) is 0.809. The Morgan fingerprint density at radius 1 is 1.26 bits per heavy atom. The maximum atomic E-state index is 14.1. The van der Waals surface area contributed by atoms with Crippen LogP contribution < -0.4 is 0 Å². The van der Waals surface area contributed by atoms with Gasteiger partial charge in [0.25, 0.3) is 0 Å². The second-order valence-corrected chi connectivity index (χ2v) is 6.28. The van der Waals surface area contributed by atoms with Crippen molar-refractivity contribution in [3.63, 3.8) is 0 Å². The first kappa shape index (κ1) is 14.4. The fourth-order valence-electron chi connectivity index (χ4n) is 2.96. The van der Waals surface area contributed by atoms with Gasteiger partial charge in [0.2, 0.25) is 0 Å². The number of benzene rings is 2. The van der Waals surface area contributed by atoms with E-state index in [4.69, 9.17) is 4.74 Å². The molecule has 118 valence electrons. The highest BCUT2D eigenvalue weighted by molar-refractivity contribution is 5.82. The molecule has 4 nitrogen and oxygen atoms in total. The topological polar surface area (TPSA) is 47.3 Å². The molecule has 2 aromatic carbocycles. The minimum atomic E-state index is -0.810. The molecular weight excluding hydrogens is 295 g/mol. The van der Waals surface area contributed by atoms with Crippen molar-refractivity contribution in [2.45, 2.75) is 19.1 Å². The summed E-state index contributed by atoms with van der Waals surface area (Å²) in [6.07, 6.45) is 1.70. The van der Waals surface area contributed by atoms with Crippen LogP contribution >= 0.6 is 0 Å². The van der Waals surface area contributed by atoms with Gasteiger partial charge in [-0.05, 0) is 36.2 Å². The molecule has 0 atom stereocenters. The van der Waals surface area contributed by atoms with E-state index >= 15 is 0 Å². The summed E-state index contributed by atoms with van der Waals surface area (Å²) in [5.74, 6) is -0.232. The van der Waals surface area contributed by atoms with Gasteiger partial charge in [-0.3, -0.25) is 0 Å². The van der Waals surface area contributed by atoms with E-state index in [0.717, 1.165) is 22.2 Å². The smallest absolute Gasteiger partial charge is 0.131 e. The van der Waals surface area contributed by atoms with Crippen LogP contribution in [0.3, 0.4) is 0 Å². The lowest BCUT2D eigenvalue weighted by molar-refractivity contribution is -0.184. The van der Waals surface area contributed by atoms with E-state index in [9.17, 15) is 9.50 Å². The van der Waals surface area contributed by atoms with Crippen LogP contribution in [0, 0.1) is 12.7 Å². The number of aliphatic hydroxyl groups is 1. The maximum Gasteiger partial charge on any atom is 0.131 e. The first-order valence-electron chi connectivity index (χ1n) is 7.56. The number of ether oxygens (including phenoxy) is 1.